The third-order valence-electron chi connectivity index (χ3n) is 2.75. The number of rotatable bonds is 3. The average Bonchev–Trinajstić information content (AvgIpc) is 2.41. The Hall–Kier alpha value is -0.910. The van der Waals surface area contributed by atoms with E-state index >= 15 is 0 Å². The van der Waals surface area contributed by atoms with Crippen LogP contribution in [0.25, 0.3) is 0 Å². The molecule has 0 fully saturated rings. The summed E-state index contributed by atoms with van der Waals surface area (Å²) in [5.41, 5.74) is 1.21. The number of aliphatic hydroxyl groups is 1. The van der Waals surface area contributed by atoms with Gasteiger partial charge in [0.15, 0.2) is 0 Å². The molecule has 0 saturated heterocycles. The minimum absolute atomic E-state index is 0.318. The normalized spacial score (nSPS) is 12.3. The molecule has 0 aromatic heterocycles. The smallest absolute Gasteiger partial charge is 0.137 e. The van der Waals surface area contributed by atoms with Crippen LogP contribution in [-0.4, -0.2) is 12.2 Å². The number of hydrogen-bond acceptors (Lipinski definition) is 2. The Morgan fingerprint density at radius 1 is 1.16 bits per heavy atom. The van der Waals surface area contributed by atoms with Crippen LogP contribution in [0, 0.1) is 5.82 Å². The van der Waals surface area contributed by atoms with Gasteiger partial charge in [-0.1, -0.05) is 22.0 Å². The lowest BCUT2D eigenvalue weighted by Gasteiger charge is -2.16. The molecule has 0 heterocycles. The van der Waals surface area contributed by atoms with Crippen molar-refractivity contribution in [2.45, 2.75) is 6.10 Å². The highest BCUT2D eigenvalue weighted by atomic mass is 79.9. The van der Waals surface area contributed by atoms with Crippen LogP contribution >= 0.6 is 31.9 Å². The highest BCUT2D eigenvalue weighted by molar-refractivity contribution is 9.10. The van der Waals surface area contributed by atoms with Crippen molar-refractivity contribution in [2.24, 2.45) is 0 Å². The second-order valence-electron chi connectivity index (χ2n) is 3.96. The van der Waals surface area contributed by atoms with Crippen molar-refractivity contribution in [3.63, 3.8) is 0 Å². The largest absolute Gasteiger partial charge is 0.496 e. The van der Waals surface area contributed by atoms with Gasteiger partial charge in [0.1, 0.15) is 17.7 Å². The molecular formula is C14H11Br2FO2. The van der Waals surface area contributed by atoms with Gasteiger partial charge in [0, 0.05) is 10.0 Å². The maximum Gasteiger partial charge on any atom is 0.137 e. The van der Waals surface area contributed by atoms with Crippen LogP contribution < -0.4 is 4.74 Å². The van der Waals surface area contributed by atoms with E-state index < -0.39 is 6.10 Å². The summed E-state index contributed by atoms with van der Waals surface area (Å²) in [5, 5.41) is 10.4. The molecule has 0 spiro atoms. The fraction of sp³-hybridized carbons (Fsp3) is 0.143. The number of hydrogen-bond donors (Lipinski definition) is 1. The van der Waals surface area contributed by atoms with E-state index in [2.05, 4.69) is 31.9 Å². The van der Waals surface area contributed by atoms with E-state index in [4.69, 9.17) is 4.74 Å². The first-order valence-electron chi connectivity index (χ1n) is 5.49. The summed E-state index contributed by atoms with van der Waals surface area (Å²) in [6.07, 6.45) is -0.885. The van der Waals surface area contributed by atoms with Crippen LogP contribution in [0.1, 0.15) is 17.2 Å². The fourth-order valence-corrected chi connectivity index (χ4v) is 2.56. The summed E-state index contributed by atoms with van der Waals surface area (Å²) >= 11 is 6.47. The summed E-state index contributed by atoms with van der Waals surface area (Å²) in [5.74, 6) is 0.216. The molecule has 0 aliphatic heterocycles. The topological polar surface area (TPSA) is 29.5 Å². The second-order valence-corrected chi connectivity index (χ2v) is 5.73. The minimum atomic E-state index is -0.885. The van der Waals surface area contributed by atoms with E-state index in [1.54, 1.807) is 31.4 Å². The lowest BCUT2D eigenvalue weighted by molar-refractivity contribution is 0.214. The molecule has 0 amide bonds. The van der Waals surface area contributed by atoms with Gasteiger partial charge in [-0.2, -0.15) is 0 Å². The zero-order chi connectivity index (χ0) is 14.0. The number of halogens is 3. The van der Waals surface area contributed by atoms with Crippen molar-refractivity contribution in [3.8, 4) is 5.75 Å². The van der Waals surface area contributed by atoms with E-state index in [9.17, 15) is 9.50 Å². The minimum Gasteiger partial charge on any atom is -0.496 e. The van der Waals surface area contributed by atoms with Crippen LogP contribution in [0.15, 0.2) is 45.3 Å². The number of ether oxygens (including phenoxy) is 1. The highest BCUT2D eigenvalue weighted by Crippen LogP contribution is 2.33. The molecule has 1 atom stereocenters. The van der Waals surface area contributed by atoms with Gasteiger partial charge in [-0.25, -0.2) is 4.39 Å². The molecule has 1 unspecified atom stereocenters. The van der Waals surface area contributed by atoms with Crippen LogP contribution in [0.5, 0.6) is 5.75 Å². The summed E-state index contributed by atoms with van der Waals surface area (Å²) in [7, 11) is 1.54. The van der Waals surface area contributed by atoms with E-state index in [-0.39, 0.29) is 5.82 Å². The van der Waals surface area contributed by atoms with Crippen molar-refractivity contribution in [3.05, 3.63) is 62.3 Å². The van der Waals surface area contributed by atoms with Gasteiger partial charge in [-0.05, 0) is 51.8 Å². The van der Waals surface area contributed by atoms with Gasteiger partial charge in [0.05, 0.1) is 11.6 Å². The molecule has 0 saturated carbocycles. The van der Waals surface area contributed by atoms with E-state index in [1.807, 2.05) is 6.07 Å². The van der Waals surface area contributed by atoms with E-state index in [1.165, 1.54) is 6.07 Å². The molecule has 19 heavy (non-hydrogen) atoms. The summed E-state index contributed by atoms with van der Waals surface area (Å²) < 4.78 is 19.6. The Kier molecular flexibility index (Phi) is 4.60. The quantitative estimate of drug-likeness (QED) is 0.840. The van der Waals surface area contributed by atoms with Crippen LogP contribution in [-0.2, 0) is 0 Å². The maximum atomic E-state index is 13.2. The molecule has 0 radical (unpaired) electrons. The summed E-state index contributed by atoms with van der Waals surface area (Å²) in [6, 6.07) is 9.79. The Balaban J connectivity index is 2.45. The number of methoxy groups -OCH3 is 1. The van der Waals surface area contributed by atoms with E-state index in [0.29, 0.717) is 21.3 Å². The van der Waals surface area contributed by atoms with Gasteiger partial charge in [0.2, 0.25) is 0 Å². The monoisotopic (exact) mass is 388 g/mol. The first-order chi connectivity index (χ1) is 9.02. The van der Waals surface area contributed by atoms with Crippen molar-refractivity contribution < 1.29 is 14.2 Å². The Morgan fingerprint density at radius 2 is 1.89 bits per heavy atom. The molecule has 0 bridgehead atoms. The standard InChI is InChI=1S/C14H11Br2FO2/c1-19-13-5-3-9(15)7-10(13)14(18)8-2-4-12(17)11(16)6-8/h2-7,14,18H,1H3. The fourth-order valence-electron chi connectivity index (χ4n) is 1.78. The van der Waals surface area contributed by atoms with Gasteiger partial charge < -0.3 is 9.84 Å². The van der Waals surface area contributed by atoms with Crippen LogP contribution in [0.3, 0.4) is 0 Å². The van der Waals surface area contributed by atoms with Crippen LogP contribution in [0.4, 0.5) is 4.39 Å². The van der Waals surface area contributed by atoms with Crippen LogP contribution in [0.2, 0.25) is 0 Å². The molecule has 2 nitrogen and oxygen atoms in total. The number of benzene rings is 2. The Morgan fingerprint density at radius 3 is 2.53 bits per heavy atom. The van der Waals surface area contributed by atoms with Gasteiger partial charge >= 0.3 is 0 Å². The SMILES string of the molecule is COc1ccc(Br)cc1C(O)c1ccc(F)c(Br)c1. The second kappa shape index (κ2) is 6.03. The molecule has 0 aliphatic carbocycles. The van der Waals surface area contributed by atoms with Crippen molar-refractivity contribution in [1.82, 2.24) is 0 Å². The zero-order valence-electron chi connectivity index (χ0n) is 10.0. The first kappa shape index (κ1) is 14.5. The predicted molar refractivity (Wildman–Crippen MR) is 78.9 cm³/mol. The van der Waals surface area contributed by atoms with Crippen molar-refractivity contribution >= 4 is 31.9 Å². The van der Waals surface area contributed by atoms with Gasteiger partial charge in [0.25, 0.3) is 0 Å². The molecule has 2 rings (SSSR count). The molecule has 2 aromatic rings. The third kappa shape index (κ3) is 3.16. The Bertz CT molecular complexity index is 602. The predicted octanol–water partition coefficient (Wildman–Crippen LogP) is 4.44. The molecule has 100 valence electrons. The lowest BCUT2D eigenvalue weighted by atomic mass is 10.0. The molecule has 1 N–H and O–H groups in total. The van der Waals surface area contributed by atoms with Crippen molar-refractivity contribution in [2.75, 3.05) is 7.11 Å². The van der Waals surface area contributed by atoms with Crippen molar-refractivity contribution in [1.29, 1.82) is 0 Å². The molecule has 2 aromatic carbocycles. The zero-order valence-corrected chi connectivity index (χ0v) is 13.2. The third-order valence-corrected chi connectivity index (χ3v) is 3.85. The summed E-state index contributed by atoms with van der Waals surface area (Å²) in [4.78, 5) is 0. The average molecular weight is 390 g/mol. The summed E-state index contributed by atoms with van der Waals surface area (Å²) in [6.45, 7) is 0. The maximum absolute atomic E-state index is 13.2. The lowest BCUT2D eigenvalue weighted by Crippen LogP contribution is -2.03. The van der Waals surface area contributed by atoms with Gasteiger partial charge in [-0.3, -0.25) is 0 Å². The Labute approximate surface area is 127 Å². The molecule has 0 aliphatic rings. The van der Waals surface area contributed by atoms with Gasteiger partial charge in [-0.15, -0.1) is 0 Å². The van der Waals surface area contributed by atoms with E-state index in [0.717, 1.165) is 4.47 Å². The molecule has 5 heteroatoms. The number of aliphatic hydroxyl groups excluding tert-OH is 1. The first-order valence-corrected chi connectivity index (χ1v) is 7.08. The molecular weight excluding hydrogens is 379 g/mol. The highest BCUT2D eigenvalue weighted by Gasteiger charge is 2.17.